The van der Waals surface area contributed by atoms with E-state index in [-0.39, 0.29) is 16.9 Å². The Bertz CT molecular complexity index is 700. The average molecular weight is 384 g/mol. The molecule has 25 heavy (non-hydrogen) atoms. The quantitative estimate of drug-likeness (QED) is 0.400. The van der Waals surface area contributed by atoms with Crippen LogP contribution in [0.4, 0.5) is 0 Å². The van der Waals surface area contributed by atoms with Crippen LogP contribution in [0.2, 0.25) is 18.1 Å². The third kappa shape index (κ3) is 7.28. The van der Waals surface area contributed by atoms with E-state index >= 15 is 0 Å². The molecule has 0 bridgehead atoms. The first-order valence-corrected chi connectivity index (χ1v) is 13.0. The van der Waals surface area contributed by atoms with E-state index in [1.807, 2.05) is 12.1 Å². The molecular weight excluding hydrogens is 354 g/mol. The maximum atomic E-state index is 10.9. The van der Waals surface area contributed by atoms with Crippen LogP contribution in [0.15, 0.2) is 24.3 Å². The van der Waals surface area contributed by atoms with E-state index in [0.717, 1.165) is 5.56 Å². The molecular formula is C18H29NO4SSi. The average Bonchev–Trinajstić information content (AvgIpc) is 2.48. The van der Waals surface area contributed by atoms with E-state index in [1.165, 1.54) is 0 Å². The van der Waals surface area contributed by atoms with Gasteiger partial charge < -0.3 is 4.43 Å². The zero-order chi connectivity index (χ0) is 19.3. The third-order valence-electron chi connectivity index (χ3n) is 4.77. The first-order valence-electron chi connectivity index (χ1n) is 8.49. The van der Waals surface area contributed by atoms with Gasteiger partial charge >= 0.3 is 0 Å². The van der Waals surface area contributed by atoms with Gasteiger partial charge in [-0.15, -0.1) is 0 Å². The van der Waals surface area contributed by atoms with Gasteiger partial charge in [0.2, 0.25) is 0 Å². The molecule has 1 rings (SSSR count). The fraction of sp³-hybridized carbons (Fsp3) is 0.611. The van der Waals surface area contributed by atoms with Crippen molar-refractivity contribution in [3.05, 3.63) is 35.4 Å². The molecule has 0 saturated carbocycles. The highest BCUT2D eigenvalue weighted by atomic mass is 32.2. The van der Waals surface area contributed by atoms with Gasteiger partial charge in [-0.25, -0.2) is 0 Å². The lowest BCUT2D eigenvalue weighted by Gasteiger charge is -2.39. The van der Waals surface area contributed by atoms with Gasteiger partial charge in [0.05, 0.1) is 23.5 Å². The Kier molecular flexibility index (Phi) is 7.38. The molecule has 7 heteroatoms. The highest BCUT2D eigenvalue weighted by molar-refractivity contribution is 7.85. The molecule has 140 valence electrons. The molecule has 0 aliphatic carbocycles. The predicted molar refractivity (Wildman–Crippen MR) is 102 cm³/mol. The minimum Gasteiger partial charge on any atom is -0.410 e. The van der Waals surface area contributed by atoms with E-state index < -0.39 is 18.4 Å². The van der Waals surface area contributed by atoms with E-state index in [9.17, 15) is 8.42 Å². The lowest BCUT2D eigenvalue weighted by atomic mass is 10.0. The van der Waals surface area contributed by atoms with Crippen molar-refractivity contribution in [1.82, 2.24) is 0 Å². The number of hydrogen-bond donors (Lipinski definition) is 1. The van der Waals surface area contributed by atoms with Crippen molar-refractivity contribution >= 4 is 18.4 Å². The van der Waals surface area contributed by atoms with Crippen LogP contribution in [0.25, 0.3) is 0 Å². The highest BCUT2D eigenvalue weighted by Crippen LogP contribution is 2.40. The standard InChI is InChI=1S/C18H29NO4SSi/c1-18(2,3)25(4,5)23-17(8-6-7-13-24(20,21)22)16-11-9-15(14-19)10-12-16/h9-12,17H,6-8,13H2,1-5H3,(H,20,21,22). The number of rotatable bonds is 8. The van der Waals surface area contributed by atoms with Crippen LogP contribution in [0.3, 0.4) is 0 Å². The van der Waals surface area contributed by atoms with E-state index in [4.69, 9.17) is 14.2 Å². The van der Waals surface area contributed by atoms with Crippen molar-refractivity contribution in [3.63, 3.8) is 0 Å². The first-order chi connectivity index (χ1) is 11.4. The summed E-state index contributed by atoms with van der Waals surface area (Å²) in [5.41, 5.74) is 1.59. The van der Waals surface area contributed by atoms with Crippen LogP contribution in [0.1, 0.15) is 57.3 Å². The molecule has 0 fully saturated rings. The summed E-state index contributed by atoms with van der Waals surface area (Å²) in [4.78, 5) is 0. The normalized spacial score (nSPS) is 14.1. The van der Waals surface area contributed by atoms with Crippen LogP contribution in [-0.2, 0) is 14.5 Å². The molecule has 1 atom stereocenters. The minimum absolute atomic E-state index is 0.0618. The number of nitrogens with zero attached hydrogens (tertiary/aromatic N) is 1. The Balaban J connectivity index is 2.91. The fourth-order valence-electron chi connectivity index (χ4n) is 2.21. The zero-order valence-electron chi connectivity index (χ0n) is 15.7. The van der Waals surface area contributed by atoms with E-state index in [0.29, 0.717) is 24.8 Å². The summed E-state index contributed by atoms with van der Waals surface area (Å²) in [7, 11) is -5.92. The van der Waals surface area contributed by atoms with Gasteiger partial charge in [0.1, 0.15) is 0 Å². The molecule has 0 aliphatic heterocycles. The molecule has 1 aromatic carbocycles. The smallest absolute Gasteiger partial charge is 0.264 e. The molecule has 0 heterocycles. The largest absolute Gasteiger partial charge is 0.410 e. The van der Waals surface area contributed by atoms with Crippen molar-refractivity contribution < 1.29 is 17.4 Å². The van der Waals surface area contributed by atoms with Crippen molar-refractivity contribution in [3.8, 4) is 6.07 Å². The van der Waals surface area contributed by atoms with Gasteiger partial charge in [0.15, 0.2) is 8.32 Å². The van der Waals surface area contributed by atoms with Crippen LogP contribution in [-0.4, -0.2) is 27.0 Å². The topological polar surface area (TPSA) is 87.4 Å². The zero-order valence-corrected chi connectivity index (χ0v) is 17.6. The Morgan fingerprint density at radius 3 is 2.20 bits per heavy atom. The lowest BCUT2D eigenvalue weighted by molar-refractivity contribution is 0.170. The molecule has 0 amide bonds. The number of hydrogen-bond acceptors (Lipinski definition) is 4. The van der Waals surface area contributed by atoms with Crippen molar-refractivity contribution in [2.45, 2.75) is 64.3 Å². The molecule has 0 saturated heterocycles. The van der Waals surface area contributed by atoms with Gasteiger partial charge in [-0.05, 0) is 55.1 Å². The van der Waals surface area contributed by atoms with Crippen molar-refractivity contribution in [2.75, 3.05) is 5.75 Å². The molecule has 0 aliphatic rings. The van der Waals surface area contributed by atoms with Crippen molar-refractivity contribution in [1.29, 1.82) is 5.26 Å². The predicted octanol–water partition coefficient (Wildman–Crippen LogP) is 4.68. The van der Waals surface area contributed by atoms with Gasteiger partial charge in [-0.2, -0.15) is 13.7 Å². The molecule has 1 unspecified atom stereocenters. The lowest BCUT2D eigenvalue weighted by Crippen LogP contribution is -2.41. The summed E-state index contributed by atoms with van der Waals surface area (Å²) in [5, 5.41) is 9.02. The van der Waals surface area contributed by atoms with Crippen LogP contribution in [0.5, 0.6) is 0 Å². The minimum atomic E-state index is -3.92. The third-order valence-corrected chi connectivity index (χ3v) is 10.1. The number of benzene rings is 1. The monoisotopic (exact) mass is 383 g/mol. The second kappa shape index (κ2) is 8.45. The fourth-order valence-corrected chi connectivity index (χ4v) is 4.10. The van der Waals surface area contributed by atoms with Gasteiger partial charge in [0.25, 0.3) is 10.1 Å². The Labute approximate surface area is 152 Å². The summed E-state index contributed by atoms with van der Waals surface area (Å²) < 4.78 is 37.2. The molecule has 0 spiro atoms. The number of unbranched alkanes of at least 4 members (excludes halogenated alkanes) is 1. The molecule has 0 radical (unpaired) electrons. The first kappa shape index (κ1) is 21.8. The second-order valence-electron chi connectivity index (χ2n) is 7.88. The summed E-state index contributed by atoms with van der Waals surface area (Å²) >= 11 is 0. The van der Waals surface area contributed by atoms with E-state index in [2.05, 4.69) is 39.9 Å². The Morgan fingerprint density at radius 2 is 1.76 bits per heavy atom. The maximum Gasteiger partial charge on any atom is 0.264 e. The maximum absolute atomic E-state index is 10.9. The highest BCUT2D eigenvalue weighted by Gasteiger charge is 2.39. The summed E-state index contributed by atoms with van der Waals surface area (Å²) in [6.45, 7) is 10.9. The van der Waals surface area contributed by atoms with Crippen LogP contribution in [0, 0.1) is 11.3 Å². The van der Waals surface area contributed by atoms with Gasteiger partial charge in [-0.1, -0.05) is 32.9 Å². The Morgan fingerprint density at radius 1 is 1.20 bits per heavy atom. The van der Waals surface area contributed by atoms with Crippen molar-refractivity contribution in [2.24, 2.45) is 0 Å². The molecule has 1 N–H and O–H groups in total. The number of nitriles is 1. The molecule has 5 nitrogen and oxygen atoms in total. The summed E-state index contributed by atoms with van der Waals surface area (Å²) in [6, 6.07) is 9.46. The second-order valence-corrected chi connectivity index (χ2v) is 14.2. The van der Waals surface area contributed by atoms with E-state index in [1.54, 1.807) is 12.1 Å². The van der Waals surface area contributed by atoms with Crippen LogP contribution < -0.4 is 0 Å². The summed E-state index contributed by atoms with van der Waals surface area (Å²) in [6.07, 6.45) is 1.56. The Hall–Kier alpha value is -1.20. The summed E-state index contributed by atoms with van der Waals surface area (Å²) in [5.74, 6) is -0.229. The molecule has 0 aromatic heterocycles. The SMILES string of the molecule is CC(C)(C)[Si](C)(C)OC(CCCCS(=O)(=O)O)c1ccc(C#N)cc1. The molecule has 1 aromatic rings. The van der Waals surface area contributed by atoms with Gasteiger partial charge in [-0.3, -0.25) is 4.55 Å². The van der Waals surface area contributed by atoms with Crippen LogP contribution >= 0.6 is 0 Å². The van der Waals surface area contributed by atoms with Gasteiger partial charge in [0, 0.05) is 0 Å².